The molecule has 11 aliphatic rings. The van der Waals surface area contributed by atoms with Crippen LogP contribution >= 0.6 is 0 Å². The lowest BCUT2D eigenvalue weighted by Crippen LogP contribution is -2.59. The highest BCUT2D eigenvalue weighted by Crippen LogP contribution is 2.67. The third-order valence-corrected chi connectivity index (χ3v) is 26.6. The largest absolute Gasteiger partial charge is 0.483 e. The predicted molar refractivity (Wildman–Crippen MR) is 363 cm³/mol. The molecule has 12 nitrogen and oxygen atoms in total. The van der Waals surface area contributed by atoms with E-state index in [1.54, 1.807) is 6.07 Å². The monoisotopic (exact) mass is 1280 g/mol. The van der Waals surface area contributed by atoms with Gasteiger partial charge >= 0.3 is 17.6 Å². The van der Waals surface area contributed by atoms with Crippen molar-refractivity contribution in [1.29, 1.82) is 0 Å². The van der Waals surface area contributed by atoms with Gasteiger partial charge in [0.2, 0.25) is 0 Å². The molecule has 17 rings (SSSR count). The number of benzene rings is 5. The Morgan fingerprint density at radius 1 is 0.758 bits per heavy atom. The molecule has 2 spiro atoms. The molecule has 6 aromatic rings. The summed E-state index contributed by atoms with van der Waals surface area (Å²) in [5.74, 6) is -1.09. The molecule has 3 fully saturated rings. The van der Waals surface area contributed by atoms with Crippen molar-refractivity contribution in [2.75, 3.05) is 26.6 Å². The van der Waals surface area contributed by atoms with Gasteiger partial charge in [-0.1, -0.05) is 141 Å². The van der Waals surface area contributed by atoms with Gasteiger partial charge in [0, 0.05) is 58.6 Å². The van der Waals surface area contributed by atoms with E-state index in [0.717, 1.165) is 57.8 Å². The van der Waals surface area contributed by atoms with E-state index in [2.05, 4.69) is 128 Å². The van der Waals surface area contributed by atoms with Gasteiger partial charge in [-0.05, 0) is 223 Å². The molecule has 12 heteroatoms. The topological polar surface area (TPSA) is 182 Å². The SMILES string of the molecule is C/C(CO)=C1\C[C@H]2c3ccc4cc3[C@H](C[C@@H]3[C@H]5C=Cc6ccccc6[C@@H]5C[C@H]3[C@]3(C)Oc5ccc6c(CO)c([C@H](CCO)COCO)c(=O)oc6c5[C@@H](OC(=O)C[C@@H]5C[C@@H](c6cccc7c6CC[C@@H]6CCC[C@H]8C=Cc9ccccc9[C@@]768)C=C[C@@H]45)[C@@H]3OC1=O)CC21CCCC1. The van der Waals surface area contributed by atoms with Crippen molar-refractivity contribution in [2.45, 2.75) is 182 Å². The Kier molecular flexibility index (Phi) is 15.4. The Labute approximate surface area is 556 Å². The standard InChI is InChI=1S/C83H88O12/c1-46(42-85)63-39-71-61-27-22-50-36-64(61)53(41-82(71)32-7-8-33-82)37-66-59-26-20-47-11-3-5-15-57(47)65(59)40-70(66)81(2)78(94-79(63)89)77(75-72(95-81)30-29-62-67(43-86)74(80(90)93-76(62)75)51(31-34-84)44-91-45-87)92-73(88)38-52-35-49(21-25-56(50)52)58-16-10-18-69-60(58)28-24-55-14-9-13-54-23-19-48-12-4-6-17-68(48)83(54,55)69/h3-6,10-12,15-23,25-27,29-30,36,49,51-56,59,65-66,70-71,77-78,84-87H,7-9,13-14,24,28,31-35,37-45H2,1-2H3/b63-46-/t49-,51+,52-,53+,54-,55-,56-,59-,65-,66+,70+,71-,77+,78-,81-,83-/m0/s1. The third-order valence-electron chi connectivity index (χ3n) is 26.6. The smallest absolute Gasteiger partial charge is 0.340 e. The first kappa shape index (κ1) is 61.4. The number of carbonyl (C=O) groups excluding carboxylic acids is 2. The van der Waals surface area contributed by atoms with Crippen LogP contribution in [0.25, 0.3) is 23.1 Å². The number of carbonyl (C=O) groups is 2. The quantitative estimate of drug-likeness (QED) is 0.0354. The summed E-state index contributed by atoms with van der Waals surface area (Å²) in [5, 5.41) is 43.2. The predicted octanol–water partition coefficient (Wildman–Crippen LogP) is 14.9. The summed E-state index contributed by atoms with van der Waals surface area (Å²) in [7, 11) is 0. The van der Waals surface area contributed by atoms with Crippen molar-refractivity contribution in [3.05, 3.63) is 215 Å². The summed E-state index contributed by atoms with van der Waals surface area (Å²) in [6.07, 6.45) is 25.4. The van der Waals surface area contributed by atoms with E-state index in [-0.39, 0.29) is 119 Å². The van der Waals surface area contributed by atoms with E-state index in [0.29, 0.717) is 53.4 Å². The van der Waals surface area contributed by atoms with Crippen LogP contribution in [0.5, 0.6) is 5.75 Å². The van der Waals surface area contributed by atoms with Crippen LogP contribution in [0.4, 0.5) is 0 Å². The van der Waals surface area contributed by atoms with Gasteiger partial charge in [-0.3, -0.25) is 4.79 Å². The van der Waals surface area contributed by atoms with Crippen LogP contribution in [-0.4, -0.2) is 70.7 Å². The third kappa shape index (κ3) is 9.47. The Hall–Kier alpha value is -7.19. The molecule has 492 valence electrons. The summed E-state index contributed by atoms with van der Waals surface area (Å²) < 4.78 is 34.5. The fraction of sp³-hybridized carbons (Fsp3) is 0.482. The van der Waals surface area contributed by atoms with Gasteiger partial charge in [-0.2, -0.15) is 0 Å². The van der Waals surface area contributed by atoms with Crippen LogP contribution in [0, 0.1) is 40.9 Å². The summed E-state index contributed by atoms with van der Waals surface area (Å²) >= 11 is 0. The first-order chi connectivity index (χ1) is 46.4. The van der Waals surface area contributed by atoms with Crippen LogP contribution in [0.1, 0.15) is 224 Å². The molecule has 5 aromatic carbocycles. The van der Waals surface area contributed by atoms with Crippen molar-refractivity contribution < 1.29 is 53.4 Å². The van der Waals surface area contributed by atoms with Crippen molar-refractivity contribution >= 4 is 35.1 Å². The van der Waals surface area contributed by atoms with Crippen molar-refractivity contribution in [3.8, 4) is 5.75 Å². The van der Waals surface area contributed by atoms with E-state index >= 15 is 9.59 Å². The Morgan fingerprint density at radius 2 is 1.57 bits per heavy atom. The minimum atomic E-state index is -1.41. The first-order valence-corrected chi connectivity index (χ1v) is 35.8. The summed E-state index contributed by atoms with van der Waals surface area (Å²) in [6, 6.07) is 35.7. The average Bonchev–Trinajstić information content (AvgIpc) is 1.53. The highest BCUT2D eigenvalue weighted by atomic mass is 16.6. The molecule has 3 aliphatic heterocycles. The van der Waals surface area contributed by atoms with E-state index in [9.17, 15) is 25.2 Å². The lowest BCUT2D eigenvalue weighted by Gasteiger charge is -2.55. The van der Waals surface area contributed by atoms with Crippen LogP contribution in [0.15, 0.2) is 142 Å². The number of rotatable bonds is 9. The Morgan fingerprint density at radius 3 is 2.40 bits per heavy atom. The number of esters is 2. The van der Waals surface area contributed by atoms with E-state index < -0.39 is 54.7 Å². The summed E-state index contributed by atoms with van der Waals surface area (Å²) in [5.41, 5.74) is 12.3. The zero-order valence-corrected chi connectivity index (χ0v) is 54.7. The Balaban J connectivity index is 0.886. The zero-order valence-electron chi connectivity index (χ0n) is 54.7. The minimum Gasteiger partial charge on any atom is -0.483 e. The molecule has 8 aliphatic carbocycles. The van der Waals surface area contributed by atoms with Gasteiger partial charge in [-0.25, -0.2) is 9.59 Å². The number of fused-ring (bicyclic) bond motifs is 13. The minimum absolute atomic E-state index is 0.00319. The lowest BCUT2D eigenvalue weighted by molar-refractivity contribution is -0.202. The maximum atomic E-state index is 16.3. The maximum absolute atomic E-state index is 16.3. The first-order valence-electron chi connectivity index (χ1n) is 35.8. The van der Waals surface area contributed by atoms with Gasteiger partial charge in [0.1, 0.15) is 18.1 Å². The van der Waals surface area contributed by atoms with Gasteiger partial charge < -0.3 is 43.8 Å². The second kappa shape index (κ2) is 23.8. The van der Waals surface area contributed by atoms with Crippen LogP contribution in [0.2, 0.25) is 0 Å². The normalized spacial score (nSPS) is 33.4. The fourth-order valence-electron chi connectivity index (χ4n) is 22.5. The van der Waals surface area contributed by atoms with Gasteiger partial charge in [0.25, 0.3) is 0 Å². The van der Waals surface area contributed by atoms with Gasteiger partial charge in [0.05, 0.1) is 25.4 Å². The molecule has 0 saturated heterocycles. The summed E-state index contributed by atoms with van der Waals surface area (Å²) in [4.78, 5) is 47.5. The second-order valence-electron chi connectivity index (χ2n) is 30.7. The number of allylic oxidation sites excluding steroid dienone is 4. The second-order valence-corrected chi connectivity index (χ2v) is 30.7. The van der Waals surface area contributed by atoms with E-state index in [1.165, 1.54) is 68.5 Å². The number of aliphatic hydroxyl groups is 4. The van der Waals surface area contributed by atoms with Gasteiger partial charge in [0.15, 0.2) is 17.8 Å². The van der Waals surface area contributed by atoms with Gasteiger partial charge in [-0.15, -0.1) is 0 Å². The Bertz CT molecular complexity index is 4270. The molecule has 7 bridgehead atoms. The molecule has 1 aromatic heterocycles. The molecule has 95 heavy (non-hydrogen) atoms. The highest BCUT2D eigenvalue weighted by molar-refractivity contribution is 5.91. The number of aliphatic hydroxyl groups excluding tert-OH is 4. The maximum Gasteiger partial charge on any atom is 0.340 e. The van der Waals surface area contributed by atoms with Crippen molar-refractivity contribution in [3.63, 3.8) is 0 Å². The van der Waals surface area contributed by atoms with Crippen LogP contribution < -0.4 is 10.4 Å². The molecule has 0 amide bonds. The van der Waals surface area contributed by atoms with Crippen LogP contribution in [0.3, 0.4) is 0 Å². The molecule has 4 heterocycles. The molecule has 0 unspecified atom stereocenters. The molecule has 3 saturated carbocycles. The van der Waals surface area contributed by atoms with Crippen molar-refractivity contribution in [2.24, 2.45) is 40.9 Å². The molecule has 16 atom stereocenters. The van der Waals surface area contributed by atoms with Crippen molar-refractivity contribution in [1.82, 2.24) is 0 Å². The number of hydrogen-bond acceptors (Lipinski definition) is 12. The molecule has 4 N–H and O–H groups in total. The summed E-state index contributed by atoms with van der Waals surface area (Å²) in [6.45, 7) is 1.85. The molecular formula is C83H88O12. The average molecular weight is 1280 g/mol. The van der Waals surface area contributed by atoms with E-state index in [4.69, 9.17) is 23.4 Å². The van der Waals surface area contributed by atoms with E-state index in [1.807, 2.05) is 13.0 Å². The molecular weight excluding hydrogens is 1190 g/mol. The lowest BCUT2D eigenvalue weighted by atomic mass is 9.48. The molecule has 0 radical (unpaired) electrons. The number of ether oxygens (including phenoxy) is 4. The van der Waals surface area contributed by atoms with Crippen LogP contribution in [-0.2, 0) is 42.2 Å². The fourth-order valence-corrected chi connectivity index (χ4v) is 22.5. The highest BCUT2D eigenvalue weighted by Gasteiger charge is 2.64. The number of hydrogen-bond donors (Lipinski definition) is 4. The zero-order chi connectivity index (χ0) is 64.6.